The highest BCUT2D eigenvalue weighted by Crippen LogP contribution is 2.33. The quantitative estimate of drug-likeness (QED) is 0.742. The molecule has 1 fully saturated rings. The van der Waals surface area contributed by atoms with Crippen LogP contribution in [0.3, 0.4) is 0 Å². The van der Waals surface area contributed by atoms with Crippen molar-refractivity contribution >= 4 is 5.91 Å². The summed E-state index contributed by atoms with van der Waals surface area (Å²) in [5.74, 6) is 0.0484. The molecule has 0 radical (unpaired) electrons. The summed E-state index contributed by atoms with van der Waals surface area (Å²) >= 11 is 0. The summed E-state index contributed by atoms with van der Waals surface area (Å²) in [6.07, 6.45) is 6.08. The van der Waals surface area contributed by atoms with E-state index in [0.717, 1.165) is 6.42 Å². The smallest absolute Gasteiger partial charge is 0.234 e. The first-order valence-electron chi connectivity index (χ1n) is 6.87. The van der Waals surface area contributed by atoms with Gasteiger partial charge < -0.3 is 11.1 Å². The Bertz CT molecular complexity index is 261. The molecular weight excluding hydrogens is 212 g/mol. The van der Waals surface area contributed by atoms with Gasteiger partial charge in [0.2, 0.25) is 5.91 Å². The molecule has 100 valence electrons. The van der Waals surface area contributed by atoms with Gasteiger partial charge in [0.15, 0.2) is 0 Å². The molecular formula is C14H28N2O. The van der Waals surface area contributed by atoms with Crippen molar-refractivity contribution in [3.8, 4) is 0 Å². The largest absolute Gasteiger partial charge is 0.368 e. The number of rotatable bonds is 4. The molecule has 0 heterocycles. The molecule has 1 amide bonds. The number of hydrogen-bond donors (Lipinski definition) is 2. The zero-order valence-corrected chi connectivity index (χ0v) is 11.8. The van der Waals surface area contributed by atoms with Crippen LogP contribution in [0.1, 0.15) is 59.8 Å². The Morgan fingerprint density at radius 2 is 1.94 bits per heavy atom. The minimum absolute atomic E-state index is 0.179. The van der Waals surface area contributed by atoms with Crippen molar-refractivity contribution in [3.05, 3.63) is 0 Å². The fourth-order valence-electron chi connectivity index (χ4n) is 2.69. The summed E-state index contributed by atoms with van der Waals surface area (Å²) in [7, 11) is 0. The van der Waals surface area contributed by atoms with E-state index in [2.05, 4.69) is 19.2 Å². The fraction of sp³-hybridized carbons (Fsp3) is 0.929. The average molecular weight is 240 g/mol. The summed E-state index contributed by atoms with van der Waals surface area (Å²) in [6.45, 7) is 8.76. The summed E-state index contributed by atoms with van der Waals surface area (Å²) in [4.78, 5) is 11.4. The molecule has 0 bridgehead atoms. The predicted molar refractivity (Wildman–Crippen MR) is 71.6 cm³/mol. The second-order valence-corrected chi connectivity index (χ2v) is 6.58. The van der Waals surface area contributed by atoms with Gasteiger partial charge >= 0.3 is 0 Å². The Labute approximate surface area is 106 Å². The van der Waals surface area contributed by atoms with E-state index in [-0.39, 0.29) is 17.9 Å². The molecule has 1 aliphatic rings. The molecule has 0 aromatic heterocycles. The van der Waals surface area contributed by atoms with E-state index in [9.17, 15) is 4.79 Å². The first kappa shape index (κ1) is 14.5. The lowest BCUT2D eigenvalue weighted by Crippen LogP contribution is -2.49. The van der Waals surface area contributed by atoms with Crippen molar-refractivity contribution < 1.29 is 4.79 Å². The minimum atomic E-state index is -0.219. The van der Waals surface area contributed by atoms with Gasteiger partial charge in [0.25, 0.3) is 0 Å². The third-order valence-electron chi connectivity index (χ3n) is 3.96. The molecule has 3 N–H and O–H groups in total. The standard InChI is InChI=1S/C14H28N2O/c1-10(2)12(13(15)17)16-11-6-5-8-14(3,4)9-7-11/h10-12,16H,5-9H2,1-4H3,(H2,15,17). The molecule has 1 rings (SSSR count). The van der Waals surface area contributed by atoms with Gasteiger partial charge in [-0.3, -0.25) is 4.79 Å². The number of nitrogens with one attached hydrogen (secondary N) is 1. The maximum absolute atomic E-state index is 11.4. The van der Waals surface area contributed by atoms with Gasteiger partial charge in [-0.15, -0.1) is 0 Å². The molecule has 2 atom stereocenters. The number of hydrogen-bond acceptors (Lipinski definition) is 2. The lowest BCUT2D eigenvalue weighted by atomic mass is 9.85. The van der Waals surface area contributed by atoms with Crippen LogP contribution in [0.4, 0.5) is 0 Å². The molecule has 3 nitrogen and oxygen atoms in total. The van der Waals surface area contributed by atoms with E-state index in [1.807, 2.05) is 13.8 Å². The molecule has 17 heavy (non-hydrogen) atoms. The third-order valence-corrected chi connectivity index (χ3v) is 3.96. The van der Waals surface area contributed by atoms with Gasteiger partial charge in [-0.25, -0.2) is 0 Å². The highest BCUT2D eigenvalue weighted by Gasteiger charge is 2.27. The van der Waals surface area contributed by atoms with Crippen molar-refractivity contribution in [3.63, 3.8) is 0 Å². The molecule has 2 unspecified atom stereocenters. The normalized spacial score (nSPS) is 26.5. The molecule has 0 aromatic carbocycles. The van der Waals surface area contributed by atoms with Crippen molar-refractivity contribution in [2.24, 2.45) is 17.1 Å². The summed E-state index contributed by atoms with van der Waals surface area (Å²) in [6, 6.07) is 0.276. The van der Waals surface area contributed by atoms with Crippen LogP contribution in [0.5, 0.6) is 0 Å². The molecule has 1 saturated carbocycles. The van der Waals surface area contributed by atoms with E-state index >= 15 is 0 Å². The van der Waals surface area contributed by atoms with Crippen LogP contribution in [0.25, 0.3) is 0 Å². The Kier molecular flexibility index (Phi) is 4.99. The van der Waals surface area contributed by atoms with E-state index in [4.69, 9.17) is 5.73 Å². The fourth-order valence-corrected chi connectivity index (χ4v) is 2.69. The molecule has 1 aliphatic carbocycles. The van der Waals surface area contributed by atoms with E-state index in [1.54, 1.807) is 0 Å². The Balaban J connectivity index is 2.53. The maximum Gasteiger partial charge on any atom is 0.234 e. The van der Waals surface area contributed by atoms with Crippen LogP contribution >= 0.6 is 0 Å². The van der Waals surface area contributed by atoms with E-state index in [1.165, 1.54) is 25.7 Å². The van der Waals surface area contributed by atoms with Crippen LogP contribution < -0.4 is 11.1 Å². The van der Waals surface area contributed by atoms with E-state index < -0.39 is 0 Å². The van der Waals surface area contributed by atoms with Crippen molar-refractivity contribution in [2.45, 2.75) is 71.9 Å². The molecule has 0 spiro atoms. The molecule has 0 saturated heterocycles. The second kappa shape index (κ2) is 5.85. The summed E-state index contributed by atoms with van der Waals surface area (Å²) in [5, 5.41) is 3.46. The highest BCUT2D eigenvalue weighted by molar-refractivity contribution is 5.80. The number of carbonyl (C=O) groups is 1. The van der Waals surface area contributed by atoms with Crippen molar-refractivity contribution in [1.29, 1.82) is 0 Å². The zero-order valence-electron chi connectivity index (χ0n) is 11.8. The Morgan fingerprint density at radius 3 is 2.47 bits per heavy atom. The predicted octanol–water partition coefficient (Wildman–Crippen LogP) is 2.44. The van der Waals surface area contributed by atoms with Gasteiger partial charge in [0.05, 0.1) is 6.04 Å². The first-order chi connectivity index (χ1) is 7.82. The van der Waals surface area contributed by atoms with Crippen molar-refractivity contribution in [2.75, 3.05) is 0 Å². The average Bonchev–Trinajstić information content (AvgIpc) is 2.35. The van der Waals surface area contributed by atoms with Crippen LogP contribution in [-0.2, 0) is 4.79 Å². The number of amides is 1. The van der Waals surface area contributed by atoms with Crippen LogP contribution in [-0.4, -0.2) is 18.0 Å². The van der Waals surface area contributed by atoms with Crippen LogP contribution in [0.15, 0.2) is 0 Å². The summed E-state index contributed by atoms with van der Waals surface area (Å²) in [5.41, 5.74) is 5.90. The Hall–Kier alpha value is -0.570. The maximum atomic E-state index is 11.4. The Morgan fingerprint density at radius 1 is 1.29 bits per heavy atom. The van der Waals surface area contributed by atoms with Gasteiger partial charge in [-0.05, 0) is 37.0 Å². The lowest BCUT2D eigenvalue weighted by molar-refractivity contribution is -0.121. The van der Waals surface area contributed by atoms with Crippen LogP contribution in [0, 0.1) is 11.3 Å². The second-order valence-electron chi connectivity index (χ2n) is 6.58. The van der Waals surface area contributed by atoms with E-state index in [0.29, 0.717) is 11.5 Å². The van der Waals surface area contributed by atoms with Gasteiger partial charge in [0.1, 0.15) is 0 Å². The molecule has 0 aliphatic heterocycles. The topological polar surface area (TPSA) is 55.1 Å². The zero-order chi connectivity index (χ0) is 13.1. The monoisotopic (exact) mass is 240 g/mol. The van der Waals surface area contributed by atoms with Gasteiger partial charge in [0, 0.05) is 6.04 Å². The molecule has 3 heteroatoms. The van der Waals surface area contributed by atoms with Gasteiger partial charge in [-0.2, -0.15) is 0 Å². The minimum Gasteiger partial charge on any atom is -0.368 e. The lowest BCUT2D eigenvalue weighted by Gasteiger charge is -2.26. The van der Waals surface area contributed by atoms with Crippen LogP contribution in [0.2, 0.25) is 0 Å². The molecule has 0 aromatic rings. The summed E-state index contributed by atoms with van der Waals surface area (Å²) < 4.78 is 0. The van der Waals surface area contributed by atoms with Gasteiger partial charge in [-0.1, -0.05) is 34.1 Å². The highest BCUT2D eigenvalue weighted by atomic mass is 16.1. The SMILES string of the molecule is CC(C)C(NC1CCCC(C)(C)CC1)C(N)=O. The number of carbonyl (C=O) groups excluding carboxylic acids is 1. The number of primary amides is 1. The first-order valence-corrected chi connectivity index (χ1v) is 6.87. The third kappa shape index (κ3) is 4.66. The number of nitrogens with two attached hydrogens (primary N) is 1. The van der Waals surface area contributed by atoms with Crippen molar-refractivity contribution in [1.82, 2.24) is 5.32 Å².